The molecule has 1 rings (SSSR count). The van der Waals surface area contributed by atoms with E-state index in [1.807, 2.05) is 0 Å². The van der Waals surface area contributed by atoms with Gasteiger partial charge in [-0.2, -0.15) is 13.2 Å². The van der Waals surface area contributed by atoms with Gasteiger partial charge < -0.3 is 10.6 Å². The molecule has 0 aliphatic rings. The third kappa shape index (κ3) is 6.07. The van der Waals surface area contributed by atoms with Gasteiger partial charge in [0, 0.05) is 19.6 Å². The molecule has 0 saturated heterocycles. The lowest BCUT2D eigenvalue weighted by atomic mass is 10.1. The third-order valence-electron chi connectivity index (χ3n) is 2.67. The average molecular weight is 274 g/mol. The predicted molar refractivity (Wildman–Crippen MR) is 70.9 cm³/mol. The van der Waals surface area contributed by atoms with E-state index in [0.717, 1.165) is 19.2 Å². The van der Waals surface area contributed by atoms with Crippen molar-refractivity contribution in [1.29, 1.82) is 0 Å². The Morgan fingerprint density at radius 2 is 1.68 bits per heavy atom. The van der Waals surface area contributed by atoms with Crippen LogP contribution < -0.4 is 10.6 Å². The van der Waals surface area contributed by atoms with Crippen LogP contribution in [-0.2, 0) is 12.7 Å². The highest BCUT2D eigenvalue weighted by Gasteiger charge is 2.32. The SMILES string of the molecule is CC(C)CNCCNCc1ccccc1C(F)(F)F. The molecule has 2 nitrogen and oxygen atoms in total. The summed E-state index contributed by atoms with van der Waals surface area (Å²) in [6.07, 6.45) is -4.28. The van der Waals surface area contributed by atoms with E-state index in [-0.39, 0.29) is 6.54 Å². The van der Waals surface area contributed by atoms with Gasteiger partial charge in [-0.25, -0.2) is 0 Å². The molecule has 0 atom stereocenters. The van der Waals surface area contributed by atoms with E-state index in [1.165, 1.54) is 12.1 Å². The highest BCUT2D eigenvalue weighted by Crippen LogP contribution is 2.31. The van der Waals surface area contributed by atoms with Crippen LogP contribution in [0.15, 0.2) is 24.3 Å². The molecule has 1 aromatic rings. The lowest BCUT2D eigenvalue weighted by molar-refractivity contribution is -0.138. The number of hydrogen-bond acceptors (Lipinski definition) is 2. The minimum Gasteiger partial charge on any atom is -0.315 e. The molecule has 0 bridgehead atoms. The van der Waals surface area contributed by atoms with Gasteiger partial charge in [-0.1, -0.05) is 32.0 Å². The highest BCUT2D eigenvalue weighted by atomic mass is 19.4. The standard InChI is InChI=1S/C14H21F3N2/c1-11(2)9-18-7-8-19-10-12-5-3-4-6-13(12)14(15,16)17/h3-6,11,18-19H,7-10H2,1-2H3. The molecule has 2 N–H and O–H groups in total. The number of alkyl halides is 3. The molecule has 5 heteroatoms. The van der Waals surface area contributed by atoms with Crippen LogP contribution in [0.25, 0.3) is 0 Å². The first-order valence-corrected chi connectivity index (χ1v) is 6.48. The Balaban J connectivity index is 2.37. The van der Waals surface area contributed by atoms with Gasteiger partial charge in [0.2, 0.25) is 0 Å². The molecular formula is C14H21F3N2. The van der Waals surface area contributed by atoms with Crippen molar-refractivity contribution in [2.75, 3.05) is 19.6 Å². The van der Waals surface area contributed by atoms with Crippen molar-refractivity contribution in [3.05, 3.63) is 35.4 Å². The zero-order valence-corrected chi connectivity index (χ0v) is 11.3. The summed E-state index contributed by atoms with van der Waals surface area (Å²) in [4.78, 5) is 0. The van der Waals surface area contributed by atoms with Gasteiger partial charge in [0.15, 0.2) is 0 Å². The van der Waals surface area contributed by atoms with Crippen LogP contribution in [-0.4, -0.2) is 19.6 Å². The highest BCUT2D eigenvalue weighted by molar-refractivity contribution is 5.29. The first-order chi connectivity index (χ1) is 8.91. The number of benzene rings is 1. The van der Waals surface area contributed by atoms with Gasteiger partial charge in [0.05, 0.1) is 5.56 Å². The van der Waals surface area contributed by atoms with Gasteiger partial charge >= 0.3 is 6.18 Å². The van der Waals surface area contributed by atoms with E-state index >= 15 is 0 Å². The monoisotopic (exact) mass is 274 g/mol. The van der Waals surface area contributed by atoms with Crippen molar-refractivity contribution in [2.45, 2.75) is 26.6 Å². The summed E-state index contributed by atoms with van der Waals surface area (Å²) >= 11 is 0. The number of hydrogen-bond donors (Lipinski definition) is 2. The topological polar surface area (TPSA) is 24.1 Å². The van der Waals surface area contributed by atoms with Gasteiger partial charge in [-0.3, -0.25) is 0 Å². The van der Waals surface area contributed by atoms with Crippen molar-refractivity contribution in [3.8, 4) is 0 Å². The molecule has 0 fully saturated rings. The Labute approximate surface area is 112 Å². The summed E-state index contributed by atoms with van der Waals surface area (Å²) in [6, 6.07) is 5.67. The molecule has 0 aliphatic carbocycles. The zero-order chi connectivity index (χ0) is 14.3. The maximum absolute atomic E-state index is 12.7. The molecule has 0 saturated carbocycles. The summed E-state index contributed by atoms with van der Waals surface area (Å²) in [5, 5.41) is 6.26. The van der Waals surface area contributed by atoms with Crippen LogP contribution >= 0.6 is 0 Å². The minimum atomic E-state index is -4.28. The first-order valence-electron chi connectivity index (χ1n) is 6.48. The van der Waals surface area contributed by atoms with Gasteiger partial charge in [-0.05, 0) is 24.1 Å². The fourth-order valence-electron chi connectivity index (χ4n) is 1.74. The van der Waals surface area contributed by atoms with E-state index in [9.17, 15) is 13.2 Å². The van der Waals surface area contributed by atoms with Crippen LogP contribution in [0.1, 0.15) is 25.0 Å². The van der Waals surface area contributed by atoms with Crippen molar-refractivity contribution in [1.82, 2.24) is 10.6 Å². The van der Waals surface area contributed by atoms with Crippen molar-refractivity contribution >= 4 is 0 Å². The van der Waals surface area contributed by atoms with E-state index < -0.39 is 11.7 Å². The molecular weight excluding hydrogens is 253 g/mol. The Hall–Kier alpha value is -1.07. The molecule has 19 heavy (non-hydrogen) atoms. The smallest absolute Gasteiger partial charge is 0.315 e. The summed E-state index contributed by atoms with van der Waals surface area (Å²) in [5.41, 5.74) is -0.267. The quantitative estimate of drug-likeness (QED) is 0.747. The van der Waals surface area contributed by atoms with Crippen molar-refractivity contribution in [2.24, 2.45) is 5.92 Å². The molecule has 0 aliphatic heterocycles. The van der Waals surface area contributed by atoms with E-state index in [1.54, 1.807) is 6.07 Å². The number of halogens is 3. The van der Waals surface area contributed by atoms with Gasteiger partial charge in [-0.15, -0.1) is 0 Å². The van der Waals surface area contributed by atoms with Crippen LogP contribution in [0.4, 0.5) is 13.2 Å². The summed E-state index contributed by atoms with van der Waals surface area (Å²) < 4.78 is 38.2. The molecule has 0 heterocycles. The Morgan fingerprint density at radius 1 is 1.05 bits per heavy atom. The average Bonchev–Trinajstić information content (AvgIpc) is 2.32. The summed E-state index contributed by atoms with van der Waals surface area (Å²) in [7, 11) is 0. The molecule has 0 aromatic heterocycles. The van der Waals surface area contributed by atoms with Crippen LogP contribution in [0.3, 0.4) is 0 Å². The Kier molecular flexibility index (Phi) is 6.31. The van der Waals surface area contributed by atoms with E-state index in [0.29, 0.717) is 18.0 Å². The molecule has 0 radical (unpaired) electrons. The Morgan fingerprint density at radius 3 is 2.32 bits per heavy atom. The Bertz CT molecular complexity index is 375. The number of nitrogens with one attached hydrogen (secondary N) is 2. The molecule has 1 aromatic carbocycles. The second kappa shape index (κ2) is 7.50. The lowest BCUT2D eigenvalue weighted by Crippen LogP contribution is -2.29. The normalized spacial score (nSPS) is 12.1. The molecule has 0 unspecified atom stereocenters. The summed E-state index contributed by atoms with van der Waals surface area (Å²) in [6.45, 7) is 6.78. The summed E-state index contributed by atoms with van der Waals surface area (Å²) in [5.74, 6) is 0.575. The van der Waals surface area contributed by atoms with Crippen LogP contribution in [0.5, 0.6) is 0 Å². The van der Waals surface area contributed by atoms with Crippen LogP contribution in [0.2, 0.25) is 0 Å². The first kappa shape index (κ1) is 16.0. The van der Waals surface area contributed by atoms with Crippen molar-refractivity contribution < 1.29 is 13.2 Å². The van der Waals surface area contributed by atoms with Crippen molar-refractivity contribution in [3.63, 3.8) is 0 Å². The largest absolute Gasteiger partial charge is 0.416 e. The maximum Gasteiger partial charge on any atom is 0.416 e. The van der Waals surface area contributed by atoms with Gasteiger partial charge in [0.25, 0.3) is 0 Å². The predicted octanol–water partition coefficient (Wildman–Crippen LogP) is 3.04. The van der Waals surface area contributed by atoms with E-state index in [2.05, 4.69) is 24.5 Å². The second-order valence-corrected chi connectivity index (χ2v) is 4.93. The lowest BCUT2D eigenvalue weighted by Gasteiger charge is -2.13. The minimum absolute atomic E-state index is 0.235. The maximum atomic E-state index is 12.7. The molecule has 0 amide bonds. The third-order valence-corrected chi connectivity index (χ3v) is 2.67. The number of rotatable bonds is 7. The zero-order valence-electron chi connectivity index (χ0n) is 11.3. The van der Waals surface area contributed by atoms with Gasteiger partial charge in [0.1, 0.15) is 0 Å². The molecule has 108 valence electrons. The molecule has 0 spiro atoms. The van der Waals surface area contributed by atoms with E-state index in [4.69, 9.17) is 0 Å². The fourth-order valence-corrected chi connectivity index (χ4v) is 1.74. The second-order valence-electron chi connectivity index (χ2n) is 4.93. The fraction of sp³-hybridized carbons (Fsp3) is 0.571. The van der Waals surface area contributed by atoms with Crippen LogP contribution in [0, 0.1) is 5.92 Å².